The summed E-state index contributed by atoms with van der Waals surface area (Å²) >= 11 is 0. The van der Waals surface area contributed by atoms with Gasteiger partial charge in [0, 0.05) is 11.1 Å². The van der Waals surface area contributed by atoms with Crippen LogP contribution in [-0.4, -0.2) is 18.9 Å². The fourth-order valence-corrected chi connectivity index (χ4v) is 2.58. The van der Waals surface area contributed by atoms with Crippen molar-refractivity contribution in [2.24, 2.45) is 0 Å². The van der Waals surface area contributed by atoms with Crippen LogP contribution in [0.1, 0.15) is 27.0 Å². The number of ether oxygens (including phenoxy) is 1. The number of nitrogens with one attached hydrogen (secondary N) is 1. The van der Waals surface area contributed by atoms with Gasteiger partial charge in [-0.1, -0.05) is 24.3 Å². The third kappa shape index (κ3) is 2.39. The summed E-state index contributed by atoms with van der Waals surface area (Å²) in [7, 11) is 1.62. The van der Waals surface area contributed by atoms with Crippen molar-refractivity contribution in [3.8, 4) is 5.75 Å². The minimum Gasteiger partial charge on any atom is -0.496 e. The molecule has 1 N–H and O–H groups in total. The van der Waals surface area contributed by atoms with E-state index in [4.69, 9.17) is 4.74 Å². The molecule has 0 bridgehead atoms. The Kier molecular flexibility index (Phi) is 3.51. The summed E-state index contributed by atoms with van der Waals surface area (Å²) in [5.74, 6) is 0.0617. The zero-order valence-corrected chi connectivity index (χ0v) is 12.3. The van der Waals surface area contributed by atoms with E-state index in [1.54, 1.807) is 31.4 Å². The van der Waals surface area contributed by atoms with Gasteiger partial charge in [0.1, 0.15) is 5.75 Å². The summed E-state index contributed by atoms with van der Waals surface area (Å²) in [4.78, 5) is 24.0. The topological polar surface area (TPSA) is 55.4 Å². The Morgan fingerprint density at radius 1 is 1.00 bits per heavy atom. The lowest BCUT2D eigenvalue weighted by molar-refractivity contribution is -0.114. The van der Waals surface area contributed by atoms with Crippen LogP contribution in [-0.2, 0) is 4.79 Å². The van der Waals surface area contributed by atoms with E-state index in [0.29, 0.717) is 16.7 Å². The molecule has 110 valence electrons. The number of hydrogen-bond acceptors (Lipinski definition) is 3. The summed E-state index contributed by atoms with van der Waals surface area (Å²) in [5, 5.41) is 2.37. The van der Waals surface area contributed by atoms with E-state index in [0.717, 1.165) is 16.9 Å². The molecule has 22 heavy (non-hydrogen) atoms. The van der Waals surface area contributed by atoms with Gasteiger partial charge in [-0.2, -0.15) is 0 Å². The smallest absolute Gasteiger partial charge is 0.258 e. The fourth-order valence-electron chi connectivity index (χ4n) is 2.58. The molecule has 0 spiro atoms. The van der Waals surface area contributed by atoms with Crippen LogP contribution in [0, 0.1) is 6.92 Å². The van der Waals surface area contributed by atoms with Gasteiger partial charge in [0.2, 0.25) is 0 Å². The number of carbonyl (C=O) groups is 2. The van der Waals surface area contributed by atoms with Gasteiger partial charge in [-0.05, 0) is 47.9 Å². The maximum Gasteiger partial charge on any atom is 0.258 e. The Labute approximate surface area is 128 Å². The van der Waals surface area contributed by atoms with E-state index >= 15 is 0 Å². The van der Waals surface area contributed by atoms with Crippen molar-refractivity contribution in [3.05, 3.63) is 64.7 Å². The predicted octanol–water partition coefficient (Wildman–Crippen LogP) is 2.81. The average Bonchev–Trinajstić information content (AvgIpc) is 2.51. The molecular formula is C18H15NO3. The van der Waals surface area contributed by atoms with Gasteiger partial charge < -0.3 is 4.74 Å². The Bertz CT molecular complexity index is 806. The second kappa shape index (κ2) is 5.48. The second-order valence-electron chi connectivity index (χ2n) is 5.12. The first-order valence-corrected chi connectivity index (χ1v) is 6.91. The largest absolute Gasteiger partial charge is 0.496 e. The monoisotopic (exact) mass is 293 g/mol. The van der Waals surface area contributed by atoms with E-state index in [1.807, 2.05) is 31.2 Å². The third-order valence-electron chi connectivity index (χ3n) is 3.66. The van der Waals surface area contributed by atoms with Crippen molar-refractivity contribution in [1.82, 2.24) is 5.32 Å². The summed E-state index contributed by atoms with van der Waals surface area (Å²) in [5.41, 5.74) is 3.52. The molecule has 0 radical (unpaired) electrons. The number of amides is 2. The lowest BCUT2D eigenvalue weighted by Gasteiger charge is -2.18. The van der Waals surface area contributed by atoms with E-state index in [9.17, 15) is 9.59 Å². The van der Waals surface area contributed by atoms with Gasteiger partial charge in [0.05, 0.1) is 7.11 Å². The summed E-state index contributed by atoms with van der Waals surface area (Å²) in [6.07, 6.45) is 1.78. The SMILES string of the molecule is COc1ccc(C=C2C(=O)NC(=O)c3ccccc32)cc1C. The average molecular weight is 293 g/mol. The first kappa shape index (κ1) is 14.1. The van der Waals surface area contributed by atoms with Crippen molar-refractivity contribution in [3.63, 3.8) is 0 Å². The molecule has 0 saturated heterocycles. The fraction of sp³-hybridized carbons (Fsp3) is 0.111. The molecular weight excluding hydrogens is 278 g/mol. The molecule has 0 atom stereocenters. The molecule has 1 aliphatic rings. The number of methoxy groups -OCH3 is 1. The first-order chi connectivity index (χ1) is 10.6. The van der Waals surface area contributed by atoms with Crippen LogP contribution in [0.5, 0.6) is 5.75 Å². The number of imide groups is 1. The molecule has 0 aromatic heterocycles. The van der Waals surface area contributed by atoms with Gasteiger partial charge in [-0.25, -0.2) is 0 Å². The van der Waals surface area contributed by atoms with Crippen LogP contribution < -0.4 is 10.1 Å². The summed E-state index contributed by atoms with van der Waals surface area (Å²) < 4.78 is 5.24. The molecule has 1 heterocycles. The Morgan fingerprint density at radius 2 is 1.73 bits per heavy atom. The minimum absolute atomic E-state index is 0.358. The summed E-state index contributed by atoms with van der Waals surface area (Å²) in [6.45, 7) is 1.94. The Balaban J connectivity index is 2.10. The number of fused-ring (bicyclic) bond motifs is 1. The highest BCUT2D eigenvalue weighted by Crippen LogP contribution is 2.27. The number of benzene rings is 2. The van der Waals surface area contributed by atoms with E-state index < -0.39 is 0 Å². The molecule has 2 aromatic carbocycles. The standard InChI is InChI=1S/C18H15NO3/c1-11-9-12(7-8-16(11)22-2)10-15-13-5-3-4-6-14(13)17(20)19-18(15)21/h3-10H,1-2H3,(H,19,20,21). The lowest BCUT2D eigenvalue weighted by Crippen LogP contribution is -2.36. The molecule has 1 aliphatic heterocycles. The van der Waals surface area contributed by atoms with Crippen LogP contribution in [0.3, 0.4) is 0 Å². The predicted molar refractivity (Wildman–Crippen MR) is 84.5 cm³/mol. The molecule has 4 nitrogen and oxygen atoms in total. The van der Waals surface area contributed by atoms with Crippen LogP contribution in [0.4, 0.5) is 0 Å². The van der Waals surface area contributed by atoms with Gasteiger partial charge in [-0.3, -0.25) is 14.9 Å². The maximum atomic E-state index is 12.2. The van der Waals surface area contributed by atoms with Crippen LogP contribution in [0.25, 0.3) is 11.6 Å². The molecule has 0 aliphatic carbocycles. The van der Waals surface area contributed by atoms with Crippen molar-refractivity contribution >= 4 is 23.5 Å². The van der Waals surface area contributed by atoms with Gasteiger partial charge in [-0.15, -0.1) is 0 Å². The quantitative estimate of drug-likeness (QED) is 0.684. The molecule has 2 amide bonds. The second-order valence-corrected chi connectivity index (χ2v) is 5.12. The zero-order chi connectivity index (χ0) is 15.7. The van der Waals surface area contributed by atoms with Gasteiger partial charge in [0.15, 0.2) is 0 Å². The third-order valence-corrected chi connectivity index (χ3v) is 3.66. The number of carbonyl (C=O) groups excluding carboxylic acids is 2. The van der Waals surface area contributed by atoms with Crippen molar-refractivity contribution in [2.75, 3.05) is 7.11 Å². The normalized spacial score (nSPS) is 15.5. The van der Waals surface area contributed by atoms with E-state index in [-0.39, 0.29) is 11.8 Å². The molecule has 4 heteroatoms. The van der Waals surface area contributed by atoms with Crippen molar-refractivity contribution in [1.29, 1.82) is 0 Å². The molecule has 0 saturated carbocycles. The van der Waals surface area contributed by atoms with Crippen LogP contribution in [0.15, 0.2) is 42.5 Å². The minimum atomic E-state index is -0.378. The lowest BCUT2D eigenvalue weighted by atomic mass is 9.93. The number of rotatable bonds is 2. The molecule has 0 unspecified atom stereocenters. The number of hydrogen-bond donors (Lipinski definition) is 1. The highest BCUT2D eigenvalue weighted by Gasteiger charge is 2.26. The number of aryl methyl sites for hydroxylation is 1. The Hall–Kier alpha value is -2.88. The first-order valence-electron chi connectivity index (χ1n) is 6.91. The van der Waals surface area contributed by atoms with E-state index in [2.05, 4.69) is 5.32 Å². The van der Waals surface area contributed by atoms with Crippen molar-refractivity contribution < 1.29 is 14.3 Å². The van der Waals surface area contributed by atoms with Gasteiger partial charge >= 0.3 is 0 Å². The molecule has 3 rings (SSSR count). The highest BCUT2D eigenvalue weighted by atomic mass is 16.5. The highest BCUT2D eigenvalue weighted by molar-refractivity contribution is 6.33. The molecule has 2 aromatic rings. The zero-order valence-electron chi connectivity index (χ0n) is 12.3. The van der Waals surface area contributed by atoms with Crippen LogP contribution >= 0.6 is 0 Å². The van der Waals surface area contributed by atoms with Gasteiger partial charge in [0.25, 0.3) is 11.8 Å². The molecule has 0 fully saturated rings. The Morgan fingerprint density at radius 3 is 2.41 bits per heavy atom. The van der Waals surface area contributed by atoms with E-state index in [1.165, 1.54) is 0 Å². The van der Waals surface area contributed by atoms with Crippen molar-refractivity contribution in [2.45, 2.75) is 6.92 Å². The van der Waals surface area contributed by atoms with Crippen LogP contribution in [0.2, 0.25) is 0 Å². The maximum absolute atomic E-state index is 12.2. The summed E-state index contributed by atoms with van der Waals surface area (Å²) in [6, 6.07) is 12.8.